The lowest BCUT2D eigenvalue weighted by Crippen LogP contribution is -2.36. The zero-order chi connectivity index (χ0) is 16.5. The van der Waals surface area contributed by atoms with E-state index in [4.69, 9.17) is 4.74 Å². The molecule has 0 fully saturated rings. The van der Waals surface area contributed by atoms with Crippen molar-refractivity contribution >= 4 is 11.9 Å². The fourth-order valence-corrected chi connectivity index (χ4v) is 2.20. The number of carbonyl (C=O) groups is 2. The number of esters is 1. The number of hydrogen-bond acceptors (Lipinski definition) is 3. The molecule has 0 spiro atoms. The number of carbonyl (C=O) groups excluding carboxylic acids is 2. The molecule has 0 saturated heterocycles. The molecule has 2 atom stereocenters. The van der Waals surface area contributed by atoms with Crippen LogP contribution in [0.5, 0.6) is 0 Å². The maximum Gasteiger partial charge on any atom is 0.309 e. The summed E-state index contributed by atoms with van der Waals surface area (Å²) in [5, 5.41) is 2.77. The van der Waals surface area contributed by atoms with Crippen LogP contribution < -0.4 is 5.32 Å². The van der Waals surface area contributed by atoms with Crippen LogP contribution in [0.4, 0.5) is 4.39 Å². The van der Waals surface area contributed by atoms with E-state index in [9.17, 15) is 14.0 Å². The molecule has 5 heteroatoms. The van der Waals surface area contributed by atoms with Gasteiger partial charge in [0, 0.05) is 6.04 Å². The number of halogens is 1. The van der Waals surface area contributed by atoms with Crippen molar-refractivity contribution in [1.82, 2.24) is 5.32 Å². The van der Waals surface area contributed by atoms with Gasteiger partial charge in [0.1, 0.15) is 5.82 Å². The lowest BCUT2D eigenvalue weighted by atomic mass is 10.0. The van der Waals surface area contributed by atoms with Crippen LogP contribution in [-0.2, 0) is 20.7 Å². The smallest absolute Gasteiger partial charge is 0.309 e. The van der Waals surface area contributed by atoms with Crippen molar-refractivity contribution in [1.29, 1.82) is 0 Å². The Kier molecular flexibility index (Phi) is 7.57. The van der Waals surface area contributed by atoms with Crippen molar-refractivity contribution in [3.05, 3.63) is 35.6 Å². The Balaban J connectivity index is 2.36. The highest BCUT2D eigenvalue weighted by atomic mass is 19.1. The number of rotatable bonds is 8. The summed E-state index contributed by atoms with van der Waals surface area (Å²) in [6.45, 7) is 5.37. The minimum atomic E-state index is -0.456. The van der Waals surface area contributed by atoms with Crippen LogP contribution in [0.15, 0.2) is 24.3 Å². The molecule has 1 rings (SSSR count). The topological polar surface area (TPSA) is 55.4 Å². The second-order valence-corrected chi connectivity index (χ2v) is 5.60. The molecule has 0 aliphatic carbocycles. The Morgan fingerprint density at radius 2 is 2.05 bits per heavy atom. The first kappa shape index (κ1) is 18.1. The van der Waals surface area contributed by atoms with Gasteiger partial charge in [-0.15, -0.1) is 0 Å². The third-order valence-electron chi connectivity index (χ3n) is 3.31. The predicted molar refractivity (Wildman–Crippen MR) is 82.7 cm³/mol. The first-order valence-electron chi connectivity index (χ1n) is 7.62. The molecule has 0 aliphatic rings. The van der Waals surface area contributed by atoms with Crippen molar-refractivity contribution in [3.63, 3.8) is 0 Å². The third-order valence-corrected chi connectivity index (χ3v) is 3.31. The van der Waals surface area contributed by atoms with Gasteiger partial charge in [0.25, 0.3) is 5.91 Å². The highest BCUT2D eigenvalue weighted by molar-refractivity contribution is 5.81. The number of nitrogens with one attached hydrogen (secondary N) is 1. The van der Waals surface area contributed by atoms with Gasteiger partial charge >= 0.3 is 5.97 Å². The van der Waals surface area contributed by atoms with E-state index in [2.05, 4.69) is 5.32 Å². The molecule has 0 heterocycles. The molecule has 4 nitrogen and oxygen atoms in total. The molecular formula is C17H24FNO3. The quantitative estimate of drug-likeness (QED) is 0.751. The summed E-state index contributed by atoms with van der Waals surface area (Å²) in [7, 11) is 0. The van der Waals surface area contributed by atoms with Crippen LogP contribution in [0.1, 0.15) is 39.2 Å². The summed E-state index contributed by atoms with van der Waals surface area (Å²) in [5.41, 5.74) is 0.727. The van der Waals surface area contributed by atoms with Crippen LogP contribution >= 0.6 is 0 Å². The average Bonchev–Trinajstić information content (AvgIpc) is 2.44. The van der Waals surface area contributed by atoms with E-state index in [0.717, 1.165) is 18.4 Å². The van der Waals surface area contributed by atoms with Gasteiger partial charge in [-0.1, -0.05) is 32.4 Å². The largest absolute Gasteiger partial charge is 0.455 e. The monoisotopic (exact) mass is 309 g/mol. The average molecular weight is 309 g/mol. The highest BCUT2D eigenvalue weighted by Gasteiger charge is 2.17. The highest BCUT2D eigenvalue weighted by Crippen LogP contribution is 2.11. The van der Waals surface area contributed by atoms with Crippen LogP contribution in [-0.4, -0.2) is 24.5 Å². The molecule has 0 saturated carbocycles. The van der Waals surface area contributed by atoms with Crippen molar-refractivity contribution in [2.45, 2.75) is 46.1 Å². The summed E-state index contributed by atoms with van der Waals surface area (Å²) >= 11 is 0. The molecule has 1 amide bonds. The molecule has 122 valence electrons. The van der Waals surface area contributed by atoms with Gasteiger partial charge in [-0.3, -0.25) is 9.59 Å². The van der Waals surface area contributed by atoms with Gasteiger partial charge in [-0.2, -0.15) is 0 Å². The Bertz CT molecular complexity index is 504. The summed E-state index contributed by atoms with van der Waals surface area (Å²) < 4.78 is 18.1. The van der Waals surface area contributed by atoms with Gasteiger partial charge < -0.3 is 10.1 Å². The summed E-state index contributed by atoms with van der Waals surface area (Å²) in [5.74, 6) is -1.51. The molecule has 22 heavy (non-hydrogen) atoms. The molecule has 0 aliphatic heterocycles. The zero-order valence-corrected chi connectivity index (χ0v) is 13.4. The number of ether oxygens (including phenoxy) is 1. The standard InChI is InChI=1S/C17H24FNO3/c1-4-6-13(3)19-16(20)11-22-17(21)12(2)9-14-7-5-8-15(18)10-14/h5,7-8,10,12-13H,4,6,9,11H2,1-3H3,(H,19,20). The first-order chi connectivity index (χ1) is 10.4. The molecule has 0 radical (unpaired) electrons. The van der Waals surface area contributed by atoms with Crippen molar-refractivity contribution < 1.29 is 18.7 Å². The minimum Gasteiger partial charge on any atom is -0.455 e. The van der Waals surface area contributed by atoms with Gasteiger partial charge in [-0.25, -0.2) is 4.39 Å². The van der Waals surface area contributed by atoms with Crippen LogP contribution in [0.2, 0.25) is 0 Å². The Hall–Kier alpha value is -1.91. The lowest BCUT2D eigenvalue weighted by Gasteiger charge is -2.14. The first-order valence-corrected chi connectivity index (χ1v) is 7.62. The predicted octanol–water partition coefficient (Wildman–Crippen LogP) is 2.85. The Morgan fingerprint density at radius 1 is 1.32 bits per heavy atom. The van der Waals surface area contributed by atoms with E-state index < -0.39 is 11.9 Å². The Morgan fingerprint density at radius 3 is 2.68 bits per heavy atom. The summed E-state index contributed by atoms with van der Waals surface area (Å²) in [6, 6.07) is 6.18. The van der Waals surface area contributed by atoms with E-state index in [1.54, 1.807) is 19.1 Å². The van der Waals surface area contributed by atoms with Crippen molar-refractivity contribution in [2.75, 3.05) is 6.61 Å². The number of amides is 1. The van der Waals surface area contributed by atoms with Crippen LogP contribution in [0, 0.1) is 11.7 Å². The lowest BCUT2D eigenvalue weighted by molar-refractivity contribution is -0.152. The van der Waals surface area contributed by atoms with Gasteiger partial charge in [0.05, 0.1) is 5.92 Å². The minimum absolute atomic E-state index is 0.0703. The van der Waals surface area contributed by atoms with Crippen LogP contribution in [0.25, 0.3) is 0 Å². The van der Waals surface area contributed by atoms with E-state index in [1.807, 2.05) is 13.8 Å². The normalized spacial score (nSPS) is 13.3. The van der Waals surface area contributed by atoms with E-state index in [0.29, 0.717) is 6.42 Å². The van der Waals surface area contributed by atoms with Gasteiger partial charge in [0.15, 0.2) is 6.61 Å². The second-order valence-electron chi connectivity index (χ2n) is 5.60. The van der Waals surface area contributed by atoms with E-state index in [1.165, 1.54) is 12.1 Å². The van der Waals surface area contributed by atoms with Crippen molar-refractivity contribution in [3.8, 4) is 0 Å². The summed E-state index contributed by atoms with van der Waals surface area (Å²) in [4.78, 5) is 23.5. The zero-order valence-electron chi connectivity index (χ0n) is 13.4. The summed E-state index contributed by atoms with van der Waals surface area (Å²) in [6.07, 6.45) is 2.24. The van der Waals surface area contributed by atoms with Crippen LogP contribution in [0.3, 0.4) is 0 Å². The second kappa shape index (κ2) is 9.18. The van der Waals surface area contributed by atoms with Gasteiger partial charge in [0.2, 0.25) is 0 Å². The fraction of sp³-hybridized carbons (Fsp3) is 0.529. The SMILES string of the molecule is CCCC(C)NC(=O)COC(=O)C(C)Cc1cccc(F)c1. The molecule has 2 unspecified atom stereocenters. The number of benzene rings is 1. The number of hydrogen-bond donors (Lipinski definition) is 1. The molecule has 0 bridgehead atoms. The third kappa shape index (κ3) is 6.70. The maximum absolute atomic E-state index is 13.1. The van der Waals surface area contributed by atoms with E-state index in [-0.39, 0.29) is 24.4 Å². The molecular weight excluding hydrogens is 285 g/mol. The molecule has 1 N–H and O–H groups in total. The van der Waals surface area contributed by atoms with Gasteiger partial charge in [-0.05, 0) is 37.5 Å². The maximum atomic E-state index is 13.1. The molecule has 1 aromatic rings. The van der Waals surface area contributed by atoms with E-state index >= 15 is 0 Å². The Labute approximate surface area is 131 Å². The van der Waals surface area contributed by atoms with Crippen molar-refractivity contribution in [2.24, 2.45) is 5.92 Å². The fourth-order valence-electron chi connectivity index (χ4n) is 2.20. The molecule has 1 aromatic carbocycles. The molecule has 0 aromatic heterocycles.